The molecule has 1 heterocycles. The van der Waals surface area contributed by atoms with Gasteiger partial charge in [-0.2, -0.15) is 0 Å². The third kappa shape index (κ3) is 4.48. The van der Waals surface area contributed by atoms with E-state index in [0.29, 0.717) is 12.1 Å². The van der Waals surface area contributed by atoms with E-state index < -0.39 is 0 Å². The number of allylic oxidation sites excluding steroid dienone is 2. The van der Waals surface area contributed by atoms with E-state index in [2.05, 4.69) is 25.2 Å². The number of hydrogen-bond acceptors (Lipinski definition) is 2. The van der Waals surface area contributed by atoms with E-state index in [0.717, 1.165) is 36.7 Å². The number of fused-ring (bicyclic) bond motifs is 1. The van der Waals surface area contributed by atoms with Crippen molar-refractivity contribution in [2.24, 2.45) is 0 Å². The first-order valence-electron chi connectivity index (χ1n) is 7.62. The van der Waals surface area contributed by atoms with Gasteiger partial charge in [-0.05, 0) is 50.8 Å². The van der Waals surface area contributed by atoms with Crippen molar-refractivity contribution in [1.82, 2.24) is 5.32 Å². The van der Waals surface area contributed by atoms with Crippen LogP contribution in [0.15, 0.2) is 46.6 Å². The summed E-state index contributed by atoms with van der Waals surface area (Å²) >= 11 is 0. The molecule has 1 aromatic heterocycles. The van der Waals surface area contributed by atoms with Crippen LogP contribution in [0, 0.1) is 0 Å². The molecule has 0 atom stereocenters. The first-order chi connectivity index (χ1) is 10.2. The van der Waals surface area contributed by atoms with Gasteiger partial charge in [-0.25, -0.2) is 0 Å². The van der Waals surface area contributed by atoms with Gasteiger partial charge >= 0.3 is 0 Å². The Morgan fingerprint density at radius 2 is 2.14 bits per heavy atom. The van der Waals surface area contributed by atoms with Crippen LogP contribution in [0.2, 0.25) is 0 Å². The summed E-state index contributed by atoms with van der Waals surface area (Å²) in [5.74, 6) is -0.0337. The number of furan rings is 1. The van der Waals surface area contributed by atoms with E-state index in [-0.39, 0.29) is 5.91 Å². The Bertz CT molecular complexity index is 625. The highest BCUT2D eigenvalue weighted by Crippen LogP contribution is 2.16. The molecule has 2 rings (SSSR count). The summed E-state index contributed by atoms with van der Waals surface area (Å²) in [7, 11) is 0. The predicted molar refractivity (Wildman–Crippen MR) is 86.4 cm³/mol. The van der Waals surface area contributed by atoms with E-state index in [4.69, 9.17) is 4.42 Å². The number of unbranched alkanes of at least 4 members (excludes halogenated alkanes) is 2. The van der Waals surface area contributed by atoms with Crippen LogP contribution < -0.4 is 5.32 Å². The molecule has 112 valence electrons. The molecule has 1 amide bonds. The number of benzene rings is 1. The van der Waals surface area contributed by atoms with E-state index in [1.807, 2.05) is 18.2 Å². The number of nitrogens with one attached hydrogen (secondary N) is 1. The Morgan fingerprint density at radius 1 is 1.29 bits per heavy atom. The summed E-state index contributed by atoms with van der Waals surface area (Å²) in [6.07, 6.45) is 8.24. The molecule has 0 unspecified atom stereocenters. The number of hydrogen-bond donors (Lipinski definition) is 1. The molecule has 0 saturated heterocycles. The Kier molecular flexibility index (Phi) is 5.61. The zero-order valence-corrected chi connectivity index (χ0v) is 12.8. The molecule has 1 N–H and O–H groups in total. The summed E-state index contributed by atoms with van der Waals surface area (Å²) in [6.45, 7) is 5.04. The van der Waals surface area contributed by atoms with Crippen molar-refractivity contribution in [3.63, 3.8) is 0 Å². The number of carbonyl (C=O) groups is 1. The number of rotatable bonds is 7. The van der Waals surface area contributed by atoms with Crippen molar-refractivity contribution < 1.29 is 9.21 Å². The lowest BCUT2D eigenvalue weighted by molar-refractivity contribution is 0.0953. The Balaban J connectivity index is 1.74. The van der Waals surface area contributed by atoms with E-state index in [9.17, 15) is 4.79 Å². The van der Waals surface area contributed by atoms with Gasteiger partial charge in [0.25, 0.3) is 5.91 Å². The minimum atomic E-state index is -0.0337. The fraction of sp³-hybridized carbons (Fsp3) is 0.389. The van der Waals surface area contributed by atoms with Crippen LogP contribution >= 0.6 is 0 Å². The SMILES string of the molecule is CC/C(C)=C\CCCCNC(=O)c1ccc2ccoc2c1. The van der Waals surface area contributed by atoms with Crippen LogP contribution in [0.3, 0.4) is 0 Å². The van der Waals surface area contributed by atoms with Crippen molar-refractivity contribution in [3.05, 3.63) is 47.7 Å². The largest absolute Gasteiger partial charge is 0.464 e. The Hall–Kier alpha value is -2.03. The second-order valence-electron chi connectivity index (χ2n) is 5.33. The van der Waals surface area contributed by atoms with Crippen molar-refractivity contribution in [2.75, 3.05) is 6.54 Å². The standard InChI is InChI=1S/C18H23NO2/c1-3-14(2)7-5-4-6-11-19-18(20)16-9-8-15-10-12-21-17(15)13-16/h7-10,12-13H,3-6,11H2,1-2H3,(H,19,20)/b14-7-. The van der Waals surface area contributed by atoms with Crippen molar-refractivity contribution in [2.45, 2.75) is 39.5 Å². The molecule has 0 aliphatic carbocycles. The zero-order chi connectivity index (χ0) is 15.1. The van der Waals surface area contributed by atoms with Crippen LogP contribution in [0.5, 0.6) is 0 Å². The number of amides is 1. The topological polar surface area (TPSA) is 42.2 Å². The summed E-state index contributed by atoms with van der Waals surface area (Å²) < 4.78 is 5.31. The highest BCUT2D eigenvalue weighted by molar-refractivity contribution is 5.97. The average Bonchev–Trinajstić information content (AvgIpc) is 2.97. The average molecular weight is 285 g/mol. The zero-order valence-electron chi connectivity index (χ0n) is 12.8. The molecule has 0 aliphatic rings. The molecular weight excluding hydrogens is 262 g/mol. The molecule has 3 heteroatoms. The molecule has 21 heavy (non-hydrogen) atoms. The lowest BCUT2D eigenvalue weighted by Crippen LogP contribution is -2.24. The normalized spacial score (nSPS) is 11.8. The van der Waals surface area contributed by atoms with Gasteiger partial charge in [0.1, 0.15) is 5.58 Å². The van der Waals surface area contributed by atoms with Crippen LogP contribution in [-0.4, -0.2) is 12.5 Å². The van der Waals surface area contributed by atoms with Gasteiger partial charge in [0.2, 0.25) is 0 Å². The summed E-state index contributed by atoms with van der Waals surface area (Å²) in [5, 5.41) is 3.97. The molecule has 0 radical (unpaired) electrons. The summed E-state index contributed by atoms with van der Waals surface area (Å²) in [5.41, 5.74) is 2.84. The van der Waals surface area contributed by atoms with Crippen LogP contribution in [-0.2, 0) is 0 Å². The van der Waals surface area contributed by atoms with Crippen molar-refractivity contribution in [1.29, 1.82) is 0 Å². The maximum absolute atomic E-state index is 12.0. The summed E-state index contributed by atoms with van der Waals surface area (Å²) in [4.78, 5) is 12.0. The van der Waals surface area contributed by atoms with E-state index in [1.54, 1.807) is 12.3 Å². The Labute approximate surface area is 126 Å². The van der Waals surface area contributed by atoms with Gasteiger partial charge in [0.15, 0.2) is 0 Å². The smallest absolute Gasteiger partial charge is 0.251 e. The van der Waals surface area contributed by atoms with Gasteiger partial charge < -0.3 is 9.73 Å². The van der Waals surface area contributed by atoms with Crippen LogP contribution in [0.1, 0.15) is 49.9 Å². The highest BCUT2D eigenvalue weighted by atomic mass is 16.3. The van der Waals surface area contributed by atoms with E-state index in [1.165, 1.54) is 5.57 Å². The lowest BCUT2D eigenvalue weighted by atomic mass is 10.1. The van der Waals surface area contributed by atoms with Gasteiger partial charge in [-0.3, -0.25) is 4.79 Å². The summed E-state index contributed by atoms with van der Waals surface area (Å²) in [6, 6.07) is 7.42. The highest BCUT2D eigenvalue weighted by Gasteiger charge is 2.06. The first-order valence-corrected chi connectivity index (χ1v) is 7.62. The quantitative estimate of drug-likeness (QED) is 0.592. The van der Waals surface area contributed by atoms with Gasteiger partial charge in [0, 0.05) is 17.5 Å². The Morgan fingerprint density at radius 3 is 2.95 bits per heavy atom. The van der Waals surface area contributed by atoms with Crippen LogP contribution in [0.4, 0.5) is 0 Å². The second kappa shape index (κ2) is 7.67. The number of carbonyl (C=O) groups excluding carboxylic acids is 1. The van der Waals surface area contributed by atoms with Gasteiger partial charge in [-0.1, -0.05) is 24.6 Å². The third-order valence-corrected chi connectivity index (χ3v) is 3.69. The minimum Gasteiger partial charge on any atom is -0.464 e. The molecule has 0 spiro atoms. The maximum atomic E-state index is 12.0. The molecule has 0 fully saturated rings. The van der Waals surface area contributed by atoms with E-state index >= 15 is 0 Å². The molecule has 0 saturated carbocycles. The fourth-order valence-corrected chi connectivity index (χ4v) is 2.16. The fourth-order valence-electron chi connectivity index (χ4n) is 2.16. The molecule has 0 bridgehead atoms. The van der Waals surface area contributed by atoms with Gasteiger partial charge in [-0.15, -0.1) is 0 Å². The van der Waals surface area contributed by atoms with Crippen molar-refractivity contribution >= 4 is 16.9 Å². The van der Waals surface area contributed by atoms with Gasteiger partial charge in [0.05, 0.1) is 6.26 Å². The predicted octanol–water partition coefficient (Wildman–Crippen LogP) is 4.69. The lowest BCUT2D eigenvalue weighted by Gasteiger charge is -2.05. The molecular formula is C18H23NO2. The molecule has 0 aliphatic heterocycles. The monoisotopic (exact) mass is 285 g/mol. The molecule has 3 nitrogen and oxygen atoms in total. The second-order valence-corrected chi connectivity index (χ2v) is 5.33. The third-order valence-electron chi connectivity index (χ3n) is 3.69. The first kappa shape index (κ1) is 15.4. The minimum absolute atomic E-state index is 0.0337. The van der Waals surface area contributed by atoms with Crippen LogP contribution in [0.25, 0.3) is 11.0 Å². The van der Waals surface area contributed by atoms with Crippen molar-refractivity contribution in [3.8, 4) is 0 Å². The maximum Gasteiger partial charge on any atom is 0.251 e. The molecule has 2 aromatic rings. The molecule has 1 aromatic carbocycles.